The molecule has 3 nitrogen and oxygen atoms in total. The molecule has 1 fully saturated rings. The molecule has 0 spiro atoms. The molecule has 5 heteroatoms. The molecule has 1 atom stereocenters. The molecule has 1 aromatic rings. The number of thioether (sulfide) groups is 2. The topological polar surface area (TPSA) is 51.8 Å². The van der Waals surface area contributed by atoms with Gasteiger partial charge < -0.3 is 5.73 Å². The van der Waals surface area contributed by atoms with Crippen molar-refractivity contribution in [1.82, 2.24) is 9.97 Å². The zero-order chi connectivity index (χ0) is 11.5. The predicted octanol–water partition coefficient (Wildman–Crippen LogP) is 2.07. The predicted molar refractivity (Wildman–Crippen MR) is 71.9 cm³/mol. The second-order valence-electron chi connectivity index (χ2n) is 3.87. The van der Waals surface area contributed by atoms with Gasteiger partial charge in [-0.1, -0.05) is 0 Å². The van der Waals surface area contributed by atoms with Gasteiger partial charge in [-0.2, -0.15) is 11.8 Å². The monoisotopic (exact) mass is 255 g/mol. The van der Waals surface area contributed by atoms with Gasteiger partial charge in [-0.3, -0.25) is 0 Å². The molecule has 0 radical (unpaired) electrons. The van der Waals surface area contributed by atoms with E-state index in [1.54, 1.807) is 0 Å². The van der Waals surface area contributed by atoms with Gasteiger partial charge in [0.2, 0.25) is 0 Å². The van der Waals surface area contributed by atoms with E-state index in [-0.39, 0.29) is 0 Å². The summed E-state index contributed by atoms with van der Waals surface area (Å²) in [4.78, 5) is 9.21. The quantitative estimate of drug-likeness (QED) is 0.877. The van der Waals surface area contributed by atoms with Crippen molar-refractivity contribution in [2.45, 2.75) is 25.6 Å². The number of nitrogens with two attached hydrogens (primary N) is 1. The van der Waals surface area contributed by atoms with Crippen LogP contribution in [0.25, 0.3) is 0 Å². The SMILES string of the molecule is Cc1nc(C2CSCCS2)nc(C)c1CN. The van der Waals surface area contributed by atoms with Crippen LogP contribution in [0.1, 0.15) is 28.0 Å². The van der Waals surface area contributed by atoms with E-state index in [4.69, 9.17) is 5.73 Å². The Balaban J connectivity index is 2.28. The summed E-state index contributed by atoms with van der Waals surface area (Å²) in [5, 5.41) is 0.461. The first kappa shape index (κ1) is 12.2. The Morgan fingerprint density at radius 2 is 1.94 bits per heavy atom. The smallest absolute Gasteiger partial charge is 0.142 e. The molecule has 0 amide bonds. The summed E-state index contributed by atoms with van der Waals surface area (Å²) in [6, 6.07) is 0. The van der Waals surface area contributed by atoms with Crippen molar-refractivity contribution in [3.63, 3.8) is 0 Å². The van der Waals surface area contributed by atoms with Crippen molar-refractivity contribution in [2.24, 2.45) is 5.73 Å². The molecular formula is C11H17N3S2. The van der Waals surface area contributed by atoms with Crippen LogP contribution in [0.4, 0.5) is 0 Å². The summed E-state index contributed by atoms with van der Waals surface area (Å²) in [7, 11) is 0. The first-order chi connectivity index (χ1) is 7.72. The largest absolute Gasteiger partial charge is 0.326 e. The van der Waals surface area contributed by atoms with Crippen LogP contribution in [0.2, 0.25) is 0 Å². The zero-order valence-corrected chi connectivity index (χ0v) is 11.3. The molecule has 16 heavy (non-hydrogen) atoms. The Labute approximate surface area is 105 Å². The molecule has 1 aliphatic rings. The van der Waals surface area contributed by atoms with Crippen molar-refractivity contribution in [3.05, 3.63) is 22.8 Å². The second-order valence-corrected chi connectivity index (χ2v) is 6.33. The summed E-state index contributed by atoms with van der Waals surface area (Å²) in [6.07, 6.45) is 0. The number of hydrogen-bond donors (Lipinski definition) is 1. The van der Waals surface area contributed by atoms with Gasteiger partial charge in [-0.05, 0) is 13.8 Å². The number of nitrogens with zero attached hydrogens (tertiary/aromatic N) is 2. The maximum Gasteiger partial charge on any atom is 0.142 e. The third-order valence-corrected chi connectivity index (χ3v) is 5.50. The zero-order valence-electron chi connectivity index (χ0n) is 9.69. The van der Waals surface area contributed by atoms with Gasteiger partial charge in [0.1, 0.15) is 5.82 Å². The van der Waals surface area contributed by atoms with E-state index in [9.17, 15) is 0 Å². The molecule has 1 aliphatic heterocycles. The van der Waals surface area contributed by atoms with Crippen LogP contribution in [-0.2, 0) is 6.54 Å². The van der Waals surface area contributed by atoms with Crippen LogP contribution in [0.3, 0.4) is 0 Å². The van der Waals surface area contributed by atoms with E-state index in [2.05, 4.69) is 9.97 Å². The Morgan fingerprint density at radius 3 is 2.44 bits per heavy atom. The van der Waals surface area contributed by atoms with Crippen LogP contribution in [0.5, 0.6) is 0 Å². The molecule has 0 aromatic carbocycles. The van der Waals surface area contributed by atoms with Crippen molar-refractivity contribution in [1.29, 1.82) is 0 Å². The lowest BCUT2D eigenvalue weighted by molar-refractivity contribution is 0.846. The van der Waals surface area contributed by atoms with E-state index in [1.807, 2.05) is 37.4 Å². The minimum Gasteiger partial charge on any atom is -0.326 e. The lowest BCUT2D eigenvalue weighted by atomic mass is 10.1. The highest BCUT2D eigenvalue weighted by molar-refractivity contribution is 8.06. The number of aromatic nitrogens is 2. The Morgan fingerprint density at radius 1 is 1.25 bits per heavy atom. The fourth-order valence-electron chi connectivity index (χ4n) is 1.84. The Bertz CT molecular complexity index is 352. The van der Waals surface area contributed by atoms with Gasteiger partial charge >= 0.3 is 0 Å². The van der Waals surface area contributed by atoms with Crippen LogP contribution in [0.15, 0.2) is 0 Å². The summed E-state index contributed by atoms with van der Waals surface area (Å²) >= 11 is 3.96. The van der Waals surface area contributed by atoms with Crippen molar-refractivity contribution < 1.29 is 0 Å². The molecule has 2 rings (SSSR count). The van der Waals surface area contributed by atoms with E-state index in [0.717, 1.165) is 28.5 Å². The molecule has 1 unspecified atom stereocenters. The van der Waals surface area contributed by atoms with Crippen LogP contribution < -0.4 is 5.73 Å². The lowest BCUT2D eigenvalue weighted by Gasteiger charge is -2.21. The average molecular weight is 255 g/mol. The van der Waals surface area contributed by atoms with Gasteiger partial charge in [-0.25, -0.2) is 9.97 Å². The summed E-state index contributed by atoms with van der Waals surface area (Å²) in [5.74, 6) is 4.57. The van der Waals surface area contributed by atoms with Gasteiger partial charge in [0.15, 0.2) is 0 Å². The van der Waals surface area contributed by atoms with Gasteiger partial charge in [-0.15, -0.1) is 11.8 Å². The Hall–Kier alpha value is -0.260. The maximum atomic E-state index is 5.69. The van der Waals surface area contributed by atoms with Crippen LogP contribution in [0, 0.1) is 13.8 Å². The van der Waals surface area contributed by atoms with Gasteiger partial charge in [0.25, 0.3) is 0 Å². The van der Waals surface area contributed by atoms with Crippen molar-refractivity contribution in [2.75, 3.05) is 17.3 Å². The molecule has 0 saturated carbocycles. The minimum absolute atomic E-state index is 0.461. The van der Waals surface area contributed by atoms with Crippen LogP contribution in [-0.4, -0.2) is 27.2 Å². The Kier molecular flexibility index (Phi) is 4.10. The molecule has 1 aromatic heterocycles. The highest BCUT2D eigenvalue weighted by Gasteiger charge is 2.20. The third kappa shape index (κ3) is 2.52. The summed E-state index contributed by atoms with van der Waals surface area (Å²) < 4.78 is 0. The number of rotatable bonds is 2. The maximum absolute atomic E-state index is 5.69. The van der Waals surface area contributed by atoms with E-state index in [1.165, 1.54) is 11.5 Å². The molecule has 0 bridgehead atoms. The van der Waals surface area contributed by atoms with Crippen LogP contribution >= 0.6 is 23.5 Å². The highest BCUT2D eigenvalue weighted by atomic mass is 32.2. The molecule has 2 N–H and O–H groups in total. The first-order valence-electron chi connectivity index (χ1n) is 5.45. The van der Waals surface area contributed by atoms with E-state index < -0.39 is 0 Å². The first-order valence-corrected chi connectivity index (χ1v) is 7.66. The summed E-state index contributed by atoms with van der Waals surface area (Å²) in [5.41, 5.74) is 8.87. The van der Waals surface area contributed by atoms with E-state index >= 15 is 0 Å². The van der Waals surface area contributed by atoms with Crippen molar-refractivity contribution in [3.8, 4) is 0 Å². The highest BCUT2D eigenvalue weighted by Crippen LogP contribution is 2.35. The molecule has 1 saturated heterocycles. The number of aryl methyl sites for hydroxylation is 2. The van der Waals surface area contributed by atoms with E-state index in [0.29, 0.717) is 11.8 Å². The summed E-state index contributed by atoms with van der Waals surface area (Å²) in [6.45, 7) is 4.59. The minimum atomic E-state index is 0.461. The third-order valence-electron chi connectivity index (χ3n) is 2.75. The average Bonchev–Trinajstić information content (AvgIpc) is 2.30. The molecular weight excluding hydrogens is 238 g/mol. The van der Waals surface area contributed by atoms with Crippen molar-refractivity contribution >= 4 is 23.5 Å². The standard InChI is InChI=1S/C11H17N3S2/c1-7-9(5-12)8(2)14-11(13-7)10-6-15-3-4-16-10/h10H,3-6,12H2,1-2H3. The molecule has 0 aliphatic carbocycles. The fraction of sp³-hybridized carbons (Fsp3) is 0.636. The molecule has 88 valence electrons. The number of hydrogen-bond acceptors (Lipinski definition) is 5. The van der Waals surface area contributed by atoms with Gasteiger partial charge in [0, 0.05) is 40.8 Å². The van der Waals surface area contributed by atoms with Gasteiger partial charge in [0.05, 0.1) is 5.25 Å². The normalized spacial score (nSPS) is 21.1. The molecule has 2 heterocycles. The second kappa shape index (κ2) is 5.38. The lowest BCUT2D eigenvalue weighted by Crippen LogP contribution is -2.14. The fourth-order valence-corrected chi connectivity index (χ4v) is 4.44.